The summed E-state index contributed by atoms with van der Waals surface area (Å²) in [7, 11) is 0. The molecule has 21 nitrogen and oxygen atoms in total. The Balaban J connectivity index is 3.06. The molecule has 0 radical (unpaired) electrons. The lowest BCUT2D eigenvalue weighted by atomic mass is 10.6. The Morgan fingerprint density at radius 2 is 0.291 bits per heavy atom. The summed E-state index contributed by atoms with van der Waals surface area (Å²) in [6.07, 6.45) is -2.63. The standard InChI is InChI=1S/C34H66O21/c35-33(36)54-31-29-52-27-25-50-23-21-48-19-17-46-15-13-44-11-9-42-7-5-40-3-1-39-2-4-41-6-8-43-10-12-45-14-16-47-18-20-49-22-24-51-26-28-53-30-32-55-34(37)38/h1-32H2,(H,35,36)(H,37,38). The van der Waals surface area contributed by atoms with E-state index in [1.807, 2.05) is 0 Å². The largest absolute Gasteiger partial charge is 0.505 e. The first-order valence-corrected chi connectivity index (χ1v) is 18.5. The number of carboxylic acid groups (broad SMARTS) is 2. The van der Waals surface area contributed by atoms with Gasteiger partial charge in [-0.25, -0.2) is 9.59 Å². The van der Waals surface area contributed by atoms with Crippen LogP contribution in [0.1, 0.15) is 0 Å². The molecule has 0 aromatic rings. The van der Waals surface area contributed by atoms with E-state index in [0.717, 1.165) is 0 Å². The fraction of sp³-hybridized carbons (Fsp3) is 0.941. The topological polar surface area (TPSA) is 232 Å². The van der Waals surface area contributed by atoms with Gasteiger partial charge in [0.05, 0.1) is 198 Å². The minimum Gasteiger partial charge on any atom is -0.450 e. The Bertz CT molecular complexity index is 708. The van der Waals surface area contributed by atoms with Crippen LogP contribution in [-0.4, -0.2) is 234 Å². The lowest BCUT2D eigenvalue weighted by Gasteiger charge is -2.09. The van der Waals surface area contributed by atoms with Crippen LogP contribution in [0.3, 0.4) is 0 Å². The van der Waals surface area contributed by atoms with Gasteiger partial charge in [0.25, 0.3) is 0 Å². The third kappa shape index (κ3) is 51.9. The molecular weight excluding hydrogens is 744 g/mol. The molecule has 21 heteroatoms. The lowest BCUT2D eigenvalue weighted by Crippen LogP contribution is -2.16. The van der Waals surface area contributed by atoms with Gasteiger partial charge in [-0.3, -0.25) is 0 Å². The van der Waals surface area contributed by atoms with Crippen molar-refractivity contribution in [2.45, 2.75) is 0 Å². The molecule has 55 heavy (non-hydrogen) atoms. The summed E-state index contributed by atoms with van der Waals surface area (Å²) in [4.78, 5) is 20.3. The van der Waals surface area contributed by atoms with Gasteiger partial charge in [-0.2, -0.15) is 0 Å². The van der Waals surface area contributed by atoms with Crippen molar-refractivity contribution in [1.29, 1.82) is 0 Å². The molecule has 0 saturated heterocycles. The number of rotatable bonds is 48. The first-order chi connectivity index (χ1) is 27.1. The summed E-state index contributed by atoms with van der Waals surface area (Å²) in [6.45, 7) is 13.0. The van der Waals surface area contributed by atoms with E-state index < -0.39 is 12.3 Å². The third-order valence-corrected chi connectivity index (χ3v) is 6.11. The van der Waals surface area contributed by atoms with E-state index in [9.17, 15) is 9.59 Å². The Morgan fingerprint density at radius 3 is 0.382 bits per heavy atom. The van der Waals surface area contributed by atoms with Crippen LogP contribution in [0.25, 0.3) is 0 Å². The molecule has 0 unspecified atom stereocenters. The van der Waals surface area contributed by atoms with Crippen LogP contribution in [0.15, 0.2) is 0 Å². The molecular formula is C34H66O21. The zero-order valence-electron chi connectivity index (χ0n) is 32.3. The minimum atomic E-state index is -1.32. The summed E-state index contributed by atoms with van der Waals surface area (Å²) in [5.74, 6) is 0. The average molecular weight is 811 g/mol. The van der Waals surface area contributed by atoms with Crippen molar-refractivity contribution in [1.82, 2.24) is 0 Å². The van der Waals surface area contributed by atoms with E-state index in [4.69, 9.17) is 81.3 Å². The van der Waals surface area contributed by atoms with Crippen LogP contribution in [0, 0.1) is 0 Å². The van der Waals surface area contributed by atoms with Crippen LogP contribution in [-0.2, 0) is 80.5 Å². The molecule has 0 saturated carbocycles. The minimum absolute atomic E-state index is 0.000335. The predicted molar refractivity (Wildman–Crippen MR) is 190 cm³/mol. The predicted octanol–water partition coefficient (Wildman–Crippen LogP) is 0.625. The van der Waals surface area contributed by atoms with Crippen molar-refractivity contribution < 1.29 is 100 Å². The number of hydrogen-bond donors (Lipinski definition) is 2. The maximum Gasteiger partial charge on any atom is 0.505 e. The molecule has 0 bridgehead atoms. The van der Waals surface area contributed by atoms with Gasteiger partial charge in [0.15, 0.2) is 0 Å². The fourth-order valence-corrected chi connectivity index (χ4v) is 3.56. The van der Waals surface area contributed by atoms with Gasteiger partial charge in [0, 0.05) is 0 Å². The highest BCUT2D eigenvalue weighted by atomic mass is 16.7. The van der Waals surface area contributed by atoms with Gasteiger partial charge < -0.3 is 90.7 Å². The quantitative estimate of drug-likeness (QED) is 0.0634. The van der Waals surface area contributed by atoms with Crippen molar-refractivity contribution in [3.05, 3.63) is 0 Å². The molecule has 2 N–H and O–H groups in total. The monoisotopic (exact) mass is 810 g/mol. The average Bonchev–Trinajstić information content (AvgIpc) is 3.17. The summed E-state index contributed by atoms with van der Waals surface area (Å²) in [5.41, 5.74) is 0. The van der Waals surface area contributed by atoms with E-state index in [1.165, 1.54) is 0 Å². The molecule has 0 aliphatic carbocycles. The summed E-state index contributed by atoms with van der Waals surface area (Å²) < 4.78 is 89.5. The second-order valence-corrected chi connectivity index (χ2v) is 10.4. The van der Waals surface area contributed by atoms with Crippen molar-refractivity contribution in [2.24, 2.45) is 0 Å². The number of carbonyl (C=O) groups is 2. The fourth-order valence-electron chi connectivity index (χ4n) is 3.56. The number of hydrogen-bond acceptors (Lipinski definition) is 19. The van der Waals surface area contributed by atoms with Crippen LogP contribution in [0.2, 0.25) is 0 Å². The molecule has 328 valence electrons. The van der Waals surface area contributed by atoms with E-state index >= 15 is 0 Å². The molecule has 0 fully saturated rings. The molecule has 0 atom stereocenters. The van der Waals surface area contributed by atoms with E-state index in [0.29, 0.717) is 185 Å². The van der Waals surface area contributed by atoms with Gasteiger partial charge in [0.1, 0.15) is 13.2 Å². The smallest absolute Gasteiger partial charge is 0.450 e. The number of ether oxygens (including phenoxy) is 17. The molecule has 0 amide bonds. The molecule has 0 aromatic heterocycles. The van der Waals surface area contributed by atoms with Gasteiger partial charge in [-0.1, -0.05) is 0 Å². The normalized spacial score (nSPS) is 11.3. The zero-order valence-corrected chi connectivity index (χ0v) is 32.3. The maximum atomic E-state index is 10.2. The highest BCUT2D eigenvalue weighted by Gasteiger charge is 1.99. The Labute approximate surface area is 324 Å². The second kappa shape index (κ2) is 48.1. The van der Waals surface area contributed by atoms with Crippen molar-refractivity contribution in [2.75, 3.05) is 211 Å². The maximum absolute atomic E-state index is 10.2. The second-order valence-electron chi connectivity index (χ2n) is 10.4. The van der Waals surface area contributed by atoms with Crippen LogP contribution in [0.4, 0.5) is 9.59 Å². The van der Waals surface area contributed by atoms with E-state index in [2.05, 4.69) is 9.47 Å². The van der Waals surface area contributed by atoms with Crippen molar-refractivity contribution >= 4 is 12.3 Å². The molecule has 0 aliphatic heterocycles. The van der Waals surface area contributed by atoms with E-state index in [-0.39, 0.29) is 26.4 Å². The highest BCUT2D eigenvalue weighted by Crippen LogP contribution is 1.89. The lowest BCUT2D eigenvalue weighted by molar-refractivity contribution is -0.0305. The molecule has 0 rings (SSSR count). The van der Waals surface area contributed by atoms with Gasteiger partial charge >= 0.3 is 12.3 Å². The first-order valence-electron chi connectivity index (χ1n) is 18.5. The van der Waals surface area contributed by atoms with Crippen LogP contribution in [0.5, 0.6) is 0 Å². The van der Waals surface area contributed by atoms with Crippen LogP contribution < -0.4 is 0 Å². The third-order valence-electron chi connectivity index (χ3n) is 6.11. The van der Waals surface area contributed by atoms with Crippen LogP contribution >= 0.6 is 0 Å². The highest BCUT2D eigenvalue weighted by molar-refractivity contribution is 5.56. The first kappa shape index (κ1) is 52.9. The Hall–Kier alpha value is -2.06. The SMILES string of the molecule is O=C(O)OCCOCCOCCOCCOCCOCCOCCOCCOCCOCCOCCOCCOCCOCCOCCOCCOC(=O)O. The molecule has 0 spiro atoms. The summed E-state index contributed by atoms with van der Waals surface area (Å²) in [5, 5.41) is 16.6. The van der Waals surface area contributed by atoms with E-state index in [1.54, 1.807) is 0 Å². The van der Waals surface area contributed by atoms with Gasteiger partial charge in [-0.15, -0.1) is 0 Å². The van der Waals surface area contributed by atoms with Crippen molar-refractivity contribution in [3.8, 4) is 0 Å². The zero-order chi connectivity index (χ0) is 39.8. The van der Waals surface area contributed by atoms with Crippen molar-refractivity contribution in [3.63, 3.8) is 0 Å². The molecule has 0 aromatic carbocycles. The molecule has 0 aliphatic rings. The Kier molecular flexibility index (Phi) is 46.3. The van der Waals surface area contributed by atoms with Gasteiger partial charge in [0.2, 0.25) is 0 Å². The summed E-state index contributed by atoms with van der Waals surface area (Å²) >= 11 is 0. The Morgan fingerprint density at radius 1 is 0.200 bits per heavy atom. The van der Waals surface area contributed by atoms with Gasteiger partial charge in [-0.05, 0) is 0 Å². The molecule has 0 heterocycles. The summed E-state index contributed by atoms with van der Waals surface area (Å²) in [6, 6.07) is 0.